The molecule has 1 fully saturated rings. The van der Waals surface area contributed by atoms with Crippen molar-refractivity contribution < 1.29 is 13.2 Å². The molecular weight excluding hydrogens is 338 g/mol. The predicted molar refractivity (Wildman–Crippen MR) is 93.6 cm³/mol. The number of benzene rings is 1. The first kappa shape index (κ1) is 16.2. The van der Waals surface area contributed by atoms with Gasteiger partial charge in [-0.25, -0.2) is 8.42 Å². The molecule has 1 amide bonds. The number of carbonyl (C=O) groups excluding carboxylic acids is 1. The van der Waals surface area contributed by atoms with E-state index in [0.717, 1.165) is 30.5 Å². The largest absolute Gasteiger partial charge is 0.311 e. The summed E-state index contributed by atoms with van der Waals surface area (Å²) in [7, 11) is -3.72. The Balaban J connectivity index is 1.58. The summed E-state index contributed by atoms with van der Waals surface area (Å²) < 4.78 is 27.2. The first-order valence-corrected chi connectivity index (χ1v) is 9.81. The average molecular weight is 357 g/mol. The highest BCUT2D eigenvalue weighted by molar-refractivity contribution is 7.89. The molecule has 1 aromatic heterocycles. The van der Waals surface area contributed by atoms with Gasteiger partial charge in [-0.05, 0) is 43.0 Å². The van der Waals surface area contributed by atoms with Crippen LogP contribution >= 0.6 is 0 Å². The SMILES string of the molecule is O=C(CN(C1CC1)S(=O)(=O)c1cccnc1)N1CCc2ccccc21. The third-order valence-corrected chi connectivity index (χ3v) is 6.56. The number of sulfonamides is 1. The van der Waals surface area contributed by atoms with Crippen LogP contribution in [0.5, 0.6) is 0 Å². The summed E-state index contributed by atoms with van der Waals surface area (Å²) in [6.07, 6.45) is 5.26. The summed E-state index contributed by atoms with van der Waals surface area (Å²) in [5.41, 5.74) is 2.02. The Bertz CT molecular complexity index is 895. The van der Waals surface area contributed by atoms with Gasteiger partial charge in [0.2, 0.25) is 15.9 Å². The second-order valence-electron chi connectivity index (χ2n) is 6.39. The minimum absolute atomic E-state index is 0.0907. The summed E-state index contributed by atoms with van der Waals surface area (Å²) in [5, 5.41) is 0. The number of para-hydroxylation sites is 1. The standard InChI is InChI=1S/C18H19N3O3S/c22-18(20-11-9-14-4-1-2-6-17(14)20)13-21(15-7-8-15)25(23,24)16-5-3-10-19-12-16/h1-6,10,12,15H,7-9,11,13H2. The summed E-state index contributed by atoms with van der Waals surface area (Å²) in [6, 6.07) is 10.8. The van der Waals surface area contributed by atoms with Gasteiger partial charge in [-0.15, -0.1) is 0 Å². The quantitative estimate of drug-likeness (QED) is 0.818. The molecule has 1 saturated carbocycles. The minimum atomic E-state index is -3.72. The number of fused-ring (bicyclic) bond motifs is 1. The molecule has 0 atom stereocenters. The van der Waals surface area contributed by atoms with Gasteiger partial charge in [0.05, 0.1) is 6.54 Å². The Morgan fingerprint density at radius 1 is 1.20 bits per heavy atom. The number of hydrogen-bond acceptors (Lipinski definition) is 4. The van der Waals surface area contributed by atoms with Crippen molar-refractivity contribution in [2.75, 3.05) is 18.0 Å². The number of nitrogens with zero attached hydrogens (tertiary/aromatic N) is 3. The molecule has 2 aromatic rings. The molecule has 0 spiro atoms. The molecule has 1 aliphatic heterocycles. The normalized spacial score (nSPS) is 16.9. The van der Waals surface area contributed by atoms with E-state index in [1.807, 2.05) is 24.3 Å². The molecule has 7 heteroatoms. The van der Waals surface area contributed by atoms with Gasteiger partial charge in [0.25, 0.3) is 0 Å². The molecule has 25 heavy (non-hydrogen) atoms. The third-order valence-electron chi connectivity index (χ3n) is 4.67. The fourth-order valence-corrected chi connectivity index (χ4v) is 4.82. The van der Waals surface area contributed by atoms with Gasteiger partial charge in [-0.1, -0.05) is 18.2 Å². The smallest absolute Gasteiger partial charge is 0.245 e. The van der Waals surface area contributed by atoms with Crippen LogP contribution < -0.4 is 4.90 Å². The molecule has 0 radical (unpaired) electrons. The number of aromatic nitrogens is 1. The van der Waals surface area contributed by atoms with Crippen molar-refractivity contribution in [2.24, 2.45) is 0 Å². The molecule has 1 aromatic carbocycles. The Hall–Kier alpha value is -2.25. The van der Waals surface area contributed by atoms with Crippen LogP contribution in [0.2, 0.25) is 0 Å². The highest BCUT2D eigenvalue weighted by atomic mass is 32.2. The van der Waals surface area contributed by atoms with E-state index in [0.29, 0.717) is 6.54 Å². The number of anilines is 1. The van der Waals surface area contributed by atoms with Crippen molar-refractivity contribution in [3.05, 3.63) is 54.4 Å². The maximum Gasteiger partial charge on any atom is 0.245 e. The molecule has 0 saturated heterocycles. The van der Waals surface area contributed by atoms with Gasteiger partial charge in [-0.2, -0.15) is 4.31 Å². The van der Waals surface area contributed by atoms with E-state index in [-0.39, 0.29) is 23.4 Å². The molecule has 0 unspecified atom stereocenters. The van der Waals surface area contributed by atoms with Crippen LogP contribution in [-0.4, -0.2) is 42.7 Å². The Kier molecular flexibility index (Phi) is 4.05. The van der Waals surface area contributed by atoms with Gasteiger partial charge in [0, 0.05) is 30.7 Å². The van der Waals surface area contributed by atoms with E-state index in [4.69, 9.17) is 0 Å². The second kappa shape index (κ2) is 6.24. The van der Waals surface area contributed by atoms with Crippen molar-refractivity contribution in [1.29, 1.82) is 0 Å². The van der Waals surface area contributed by atoms with E-state index in [1.54, 1.807) is 11.0 Å². The number of hydrogen-bond donors (Lipinski definition) is 0. The van der Waals surface area contributed by atoms with E-state index in [9.17, 15) is 13.2 Å². The number of rotatable bonds is 5. The molecule has 130 valence electrons. The van der Waals surface area contributed by atoms with Crippen molar-refractivity contribution in [3.8, 4) is 0 Å². The Morgan fingerprint density at radius 3 is 2.72 bits per heavy atom. The fraction of sp³-hybridized carbons (Fsp3) is 0.333. The molecular formula is C18H19N3O3S. The second-order valence-corrected chi connectivity index (χ2v) is 8.28. The van der Waals surface area contributed by atoms with E-state index >= 15 is 0 Å². The fourth-order valence-electron chi connectivity index (χ4n) is 3.22. The average Bonchev–Trinajstić information content (AvgIpc) is 3.38. The van der Waals surface area contributed by atoms with E-state index < -0.39 is 10.0 Å². The Morgan fingerprint density at radius 2 is 2.00 bits per heavy atom. The lowest BCUT2D eigenvalue weighted by Crippen LogP contribution is -2.43. The van der Waals surface area contributed by atoms with Gasteiger partial charge in [0.1, 0.15) is 4.90 Å². The number of carbonyl (C=O) groups is 1. The van der Waals surface area contributed by atoms with Gasteiger partial charge in [0.15, 0.2) is 0 Å². The minimum Gasteiger partial charge on any atom is -0.311 e. The summed E-state index contributed by atoms with van der Waals surface area (Å²) in [5.74, 6) is -0.177. The maximum absolute atomic E-state index is 12.9. The molecule has 1 aliphatic carbocycles. The van der Waals surface area contributed by atoms with Gasteiger partial charge < -0.3 is 4.90 Å². The zero-order valence-electron chi connectivity index (χ0n) is 13.7. The van der Waals surface area contributed by atoms with Crippen LogP contribution in [0.1, 0.15) is 18.4 Å². The highest BCUT2D eigenvalue weighted by Crippen LogP contribution is 2.33. The van der Waals surface area contributed by atoms with Crippen LogP contribution in [0, 0.1) is 0 Å². The van der Waals surface area contributed by atoms with Crippen LogP contribution in [0.15, 0.2) is 53.7 Å². The molecule has 2 heterocycles. The van der Waals surface area contributed by atoms with Gasteiger partial charge in [-0.3, -0.25) is 9.78 Å². The summed E-state index contributed by atoms with van der Waals surface area (Å²) in [4.78, 5) is 18.6. The zero-order chi connectivity index (χ0) is 17.4. The van der Waals surface area contributed by atoms with Gasteiger partial charge >= 0.3 is 0 Å². The van der Waals surface area contributed by atoms with E-state index in [1.165, 1.54) is 22.8 Å². The highest BCUT2D eigenvalue weighted by Gasteiger charge is 2.40. The first-order valence-electron chi connectivity index (χ1n) is 8.37. The van der Waals surface area contributed by atoms with E-state index in [2.05, 4.69) is 4.98 Å². The lowest BCUT2D eigenvalue weighted by molar-refractivity contribution is -0.118. The van der Waals surface area contributed by atoms with Crippen molar-refractivity contribution in [3.63, 3.8) is 0 Å². The molecule has 0 N–H and O–H groups in total. The van der Waals surface area contributed by atoms with Crippen molar-refractivity contribution in [2.45, 2.75) is 30.2 Å². The van der Waals surface area contributed by atoms with Crippen LogP contribution in [-0.2, 0) is 21.2 Å². The first-order chi connectivity index (χ1) is 12.1. The Labute approximate surface area is 147 Å². The van der Waals surface area contributed by atoms with Crippen LogP contribution in [0.3, 0.4) is 0 Å². The number of amides is 1. The molecule has 4 rings (SSSR count). The predicted octanol–water partition coefficient (Wildman–Crippen LogP) is 1.82. The molecule has 2 aliphatic rings. The monoisotopic (exact) mass is 357 g/mol. The summed E-state index contributed by atoms with van der Waals surface area (Å²) in [6.45, 7) is 0.472. The molecule has 6 nitrogen and oxygen atoms in total. The van der Waals surface area contributed by atoms with Crippen LogP contribution in [0.25, 0.3) is 0 Å². The van der Waals surface area contributed by atoms with Crippen molar-refractivity contribution in [1.82, 2.24) is 9.29 Å². The lowest BCUT2D eigenvalue weighted by atomic mass is 10.2. The zero-order valence-corrected chi connectivity index (χ0v) is 14.5. The third kappa shape index (κ3) is 3.05. The number of pyridine rings is 1. The summed E-state index contributed by atoms with van der Waals surface area (Å²) >= 11 is 0. The van der Waals surface area contributed by atoms with Crippen LogP contribution in [0.4, 0.5) is 5.69 Å². The maximum atomic E-state index is 12.9. The van der Waals surface area contributed by atoms with Crippen molar-refractivity contribution >= 4 is 21.6 Å². The lowest BCUT2D eigenvalue weighted by Gasteiger charge is -2.24. The molecule has 0 bridgehead atoms. The topological polar surface area (TPSA) is 70.6 Å².